The van der Waals surface area contributed by atoms with E-state index in [9.17, 15) is 4.79 Å². The van der Waals surface area contributed by atoms with Gasteiger partial charge in [0, 0.05) is 11.4 Å². The summed E-state index contributed by atoms with van der Waals surface area (Å²) in [7, 11) is 0. The SMILES string of the molecule is CC(C)CC(CBr)NC(=O)c1ccoc1. The zero-order chi connectivity index (χ0) is 11.3. The normalized spacial score (nSPS) is 12.8. The molecule has 0 fully saturated rings. The third-order valence-corrected chi connectivity index (χ3v) is 2.84. The van der Waals surface area contributed by atoms with E-state index in [2.05, 4.69) is 35.1 Å². The minimum atomic E-state index is -0.0751. The molecule has 3 nitrogen and oxygen atoms in total. The van der Waals surface area contributed by atoms with Gasteiger partial charge in [-0.1, -0.05) is 29.8 Å². The quantitative estimate of drug-likeness (QED) is 0.839. The molecule has 1 heterocycles. The predicted molar refractivity (Wildman–Crippen MR) is 63.2 cm³/mol. The van der Waals surface area contributed by atoms with Crippen LogP contribution in [0.2, 0.25) is 0 Å². The first-order valence-corrected chi connectivity index (χ1v) is 6.14. The average Bonchev–Trinajstić information content (AvgIpc) is 2.68. The number of rotatable bonds is 5. The Balaban J connectivity index is 2.48. The summed E-state index contributed by atoms with van der Waals surface area (Å²) in [6, 6.07) is 1.84. The Hall–Kier alpha value is -0.770. The van der Waals surface area contributed by atoms with E-state index in [-0.39, 0.29) is 11.9 Å². The van der Waals surface area contributed by atoms with Crippen LogP contribution >= 0.6 is 15.9 Å². The highest BCUT2D eigenvalue weighted by Gasteiger charge is 2.14. The highest BCUT2D eigenvalue weighted by atomic mass is 79.9. The minimum Gasteiger partial charge on any atom is -0.472 e. The first kappa shape index (κ1) is 12.3. The zero-order valence-electron chi connectivity index (χ0n) is 9.00. The molecule has 0 spiro atoms. The van der Waals surface area contributed by atoms with E-state index in [1.807, 2.05) is 0 Å². The van der Waals surface area contributed by atoms with E-state index in [4.69, 9.17) is 4.42 Å². The van der Waals surface area contributed by atoms with Crippen molar-refractivity contribution in [2.75, 3.05) is 5.33 Å². The third kappa shape index (κ3) is 4.08. The van der Waals surface area contributed by atoms with Crippen LogP contribution in [0.5, 0.6) is 0 Å². The van der Waals surface area contributed by atoms with Gasteiger partial charge >= 0.3 is 0 Å². The lowest BCUT2D eigenvalue weighted by Gasteiger charge is -2.17. The van der Waals surface area contributed by atoms with Crippen LogP contribution in [0.3, 0.4) is 0 Å². The highest BCUT2D eigenvalue weighted by Crippen LogP contribution is 2.08. The maximum atomic E-state index is 11.7. The molecule has 0 radical (unpaired) electrons. The number of furan rings is 1. The number of nitrogens with one attached hydrogen (secondary N) is 1. The molecule has 1 N–H and O–H groups in total. The lowest BCUT2D eigenvalue weighted by atomic mass is 10.1. The molecule has 1 rings (SSSR count). The molecule has 0 aliphatic heterocycles. The van der Waals surface area contributed by atoms with Gasteiger partial charge in [0.1, 0.15) is 6.26 Å². The van der Waals surface area contributed by atoms with E-state index < -0.39 is 0 Å². The van der Waals surface area contributed by atoms with Crippen molar-refractivity contribution in [1.82, 2.24) is 5.32 Å². The van der Waals surface area contributed by atoms with Gasteiger partial charge in [0.15, 0.2) is 0 Å². The van der Waals surface area contributed by atoms with Crippen LogP contribution in [0.4, 0.5) is 0 Å². The molecule has 0 saturated heterocycles. The topological polar surface area (TPSA) is 42.2 Å². The van der Waals surface area contributed by atoms with Crippen molar-refractivity contribution in [3.05, 3.63) is 24.2 Å². The molecule has 0 bridgehead atoms. The molecule has 1 unspecified atom stereocenters. The Labute approximate surface area is 98.4 Å². The number of halogens is 1. The molecular formula is C11H16BrNO2. The molecule has 1 aromatic rings. The lowest BCUT2D eigenvalue weighted by Crippen LogP contribution is -2.36. The predicted octanol–water partition coefficient (Wildman–Crippen LogP) is 2.82. The maximum absolute atomic E-state index is 11.7. The number of alkyl halides is 1. The molecule has 1 amide bonds. The molecule has 0 aliphatic rings. The van der Waals surface area contributed by atoms with Crippen molar-refractivity contribution in [1.29, 1.82) is 0 Å². The van der Waals surface area contributed by atoms with E-state index in [1.54, 1.807) is 6.07 Å². The summed E-state index contributed by atoms with van der Waals surface area (Å²) in [6.45, 7) is 4.28. The molecule has 1 atom stereocenters. The molecule has 1 aromatic heterocycles. The van der Waals surface area contributed by atoms with Crippen LogP contribution < -0.4 is 5.32 Å². The van der Waals surface area contributed by atoms with Crippen LogP contribution in [0.15, 0.2) is 23.0 Å². The largest absolute Gasteiger partial charge is 0.472 e. The van der Waals surface area contributed by atoms with Crippen LogP contribution in [0.1, 0.15) is 30.6 Å². The molecule has 84 valence electrons. The Kier molecular flexibility index (Phi) is 4.88. The van der Waals surface area contributed by atoms with Crippen molar-refractivity contribution >= 4 is 21.8 Å². The van der Waals surface area contributed by atoms with Crippen molar-refractivity contribution in [3.63, 3.8) is 0 Å². The van der Waals surface area contributed by atoms with Gasteiger partial charge in [0.05, 0.1) is 11.8 Å². The number of carbonyl (C=O) groups is 1. The summed E-state index contributed by atoms with van der Waals surface area (Å²) in [4.78, 5) is 11.7. The number of hydrogen-bond acceptors (Lipinski definition) is 2. The van der Waals surface area contributed by atoms with Gasteiger partial charge in [0.2, 0.25) is 0 Å². The second kappa shape index (κ2) is 5.95. The molecular weight excluding hydrogens is 258 g/mol. The second-order valence-corrected chi connectivity index (χ2v) is 4.61. The summed E-state index contributed by atoms with van der Waals surface area (Å²) < 4.78 is 4.86. The third-order valence-electron chi connectivity index (χ3n) is 2.06. The van der Waals surface area contributed by atoms with Gasteiger partial charge in [-0.3, -0.25) is 4.79 Å². The molecule has 0 saturated carbocycles. The fraction of sp³-hybridized carbons (Fsp3) is 0.545. The Morgan fingerprint density at radius 2 is 2.33 bits per heavy atom. The van der Waals surface area contributed by atoms with Gasteiger partial charge in [0.25, 0.3) is 5.91 Å². The summed E-state index contributed by atoms with van der Waals surface area (Å²) >= 11 is 3.40. The fourth-order valence-electron chi connectivity index (χ4n) is 1.39. The lowest BCUT2D eigenvalue weighted by molar-refractivity contribution is 0.0936. The van der Waals surface area contributed by atoms with E-state index >= 15 is 0 Å². The first-order valence-electron chi connectivity index (χ1n) is 5.02. The zero-order valence-corrected chi connectivity index (χ0v) is 10.6. The van der Waals surface area contributed by atoms with Gasteiger partial charge in [-0.2, -0.15) is 0 Å². The van der Waals surface area contributed by atoms with Crippen LogP contribution in [0, 0.1) is 5.92 Å². The van der Waals surface area contributed by atoms with E-state index in [0.29, 0.717) is 11.5 Å². The molecule has 0 aliphatic carbocycles. The Morgan fingerprint density at radius 1 is 1.60 bits per heavy atom. The van der Waals surface area contributed by atoms with Gasteiger partial charge < -0.3 is 9.73 Å². The Bertz CT molecular complexity index is 296. The number of amides is 1. The van der Waals surface area contributed by atoms with Gasteiger partial charge in [-0.25, -0.2) is 0 Å². The highest BCUT2D eigenvalue weighted by molar-refractivity contribution is 9.09. The van der Waals surface area contributed by atoms with Crippen molar-refractivity contribution in [2.24, 2.45) is 5.92 Å². The first-order chi connectivity index (χ1) is 7.13. The average molecular weight is 274 g/mol. The molecule has 0 aromatic carbocycles. The van der Waals surface area contributed by atoms with Crippen molar-refractivity contribution in [3.8, 4) is 0 Å². The summed E-state index contributed by atoms with van der Waals surface area (Å²) in [5.41, 5.74) is 0.574. The monoisotopic (exact) mass is 273 g/mol. The van der Waals surface area contributed by atoms with Crippen LogP contribution in [-0.2, 0) is 0 Å². The van der Waals surface area contributed by atoms with Gasteiger partial charge in [-0.15, -0.1) is 0 Å². The summed E-state index contributed by atoms with van der Waals surface area (Å²) in [5.74, 6) is 0.492. The molecule has 4 heteroatoms. The maximum Gasteiger partial charge on any atom is 0.254 e. The number of hydrogen-bond donors (Lipinski definition) is 1. The second-order valence-electron chi connectivity index (χ2n) is 3.97. The molecule has 15 heavy (non-hydrogen) atoms. The summed E-state index contributed by atoms with van der Waals surface area (Å²) in [6.07, 6.45) is 3.92. The Morgan fingerprint density at radius 3 is 2.80 bits per heavy atom. The van der Waals surface area contributed by atoms with Gasteiger partial charge in [-0.05, 0) is 18.4 Å². The van der Waals surface area contributed by atoms with E-state index in [1.165, 1.54) is 12.5 Å². The number of carbonyl (C=O) groups excluding carboxylic acids is 1. The fourth-order valence-corrected chi connectivity index (χ4v) is 1.82. The minimum absolute atomic E-state index is 0.0751. The van der Waals surface area contributed by atoms with Crippen molar-refractivity contribution < 1.29 is 9.21 Å². The van der Waals surface area contributed by atoms with Crippen LogP contribution in [0.25, 0.3) is 0 Å². The smallest absolute Gasteiger partial charge is 0.254 e. The standard InChI is InChI=1S/C11H16BrNO2/c1-8(2)5-10(6-12)13-11(14)9-3-4-15-7-9/h3-4,7-8,10H,5-6H2,1-2H3,(H,13,14). The van der Waals surface area contributed by atoms with Crippen LogP contribution in [-0.4, -0.2) is 17.3 Å². The summed E-state index contributed by atoms with van der Waals surface area (Å²) in [5, 5.41) is 3.73. The van der Waals surface area contributed by atoms with Crippen molar-refractivity contribution in [2.45, 2.75) is 26.3 Å². The van der Waals surface area contributed by atoms with E-state index in [0.717, 1.165) is 11.8 Å².